The fourth-order valence-electron chi connectivity index (χ4n) is 2.24. The minimum absolute atomic E-state index is 0.197. The van der Waals surface area contributed by atoms with Crippen molar-refractivity contribution in [3.63, 3.8) is 0 Å². The molecule has 0 bridgehead atoms. The van der Waals surface area contributed by atoms with Gasteiger partial charge >= 0.3 is 12.5 Å². The normalized spacial score (nSPS) is 13.9. The molecule has 0 radical (unpaired) electrons. The molecule has 1 fully saturated rings. The zero-order valence-electron chi connectivity index (χ0n) is 16.7. The van der Waals surface area contributed by atoms with E-state index in [2.05, 4.69) is 14.5 Å². The molecule has 2 N–H and O–H groups in total. The van der Waals surface area contributed by atoms with Gasteiger partial charge in [-0.1, -0.05) is 6.07 Å². The largest absolute Gasteiger partial charge is 0.573 e. The molecular weight excluding hydrogens is 427 g/mol. The minimum Gasteiger partial charge on any atom is -0.406 e. The molecule has 170 valence electrons. The summed E-state index contributed by atoms with van der Waals surface area (Å²) in [6, 6.07) is 4.29. The van der Waals surface area contributed by atoms with Crippen LogP contribution < -0.4 is 10.2 Å². The molecule has 7 nitrogen and oxygen atoms in total. The highest BCUT2D eigenvalue weighted by Gasteiger charge is 2.36. The molecule has 1 saturated carbocycles. The number of methoxy groups -OCH3 is 1. The molecule has 1 aliphatic carbocycles. The fourth-order valence-corrected chi connectivity index (χ4v) is 2.24. The summed E-state index contributed by atoms with van der Waals surface area (Å²) < 4.78 is 75.6. The topological polar surface area (TPSA) is 93.2 Å². The number of nitrogens with one attached hydrogen (secondary N) is 2. The van der Waals surface area contributed by atoms with Gasteiger partial charge in [0.1, 0.15) is 11.2 Å². The van der Waals surface area contributed by atoms with Crippen molar-refractivity contribution in [2.45, 2.75) is 44.9 Å². The first-order valence-corrected chi connectivity index (χ1v) is 8.99. The highest BCUT2D eigenvalue weighted by Crippen LogP contribution is 2.28. The van der Waals surface area contributed by atoms with Gasteiger partial charge in [-0.25, -0.2) is 0 Å². The number of aromatic nitrogens is 2. The van der Waals surface area contributed by atoms with Crippen molar-refractivity contribution in [3.05, 3.63) is 53.4 Å². The quantitative estimate of drug-likeness (QED) is 0.397. The van der Waals surface area contributed by atoms with E-state index in [9.17, 15) is 22.0 Å². The van der Waals surface area contributed by atoms with E-state index in [-0.39, 0.29) is 17.3 Å². The lowest BCUT2D eigenvalue weighted by atomic mass is 10.1. The van der Waals surface area contributed by atoms with Gasteiger partial charge in [0.25, 0.3) is 0 Å². The molecule has 0 saturated heterocycles. The highest BCUT2D eigenvalue weighted by atomic mass is 19.4. The van der Waals surface area contributed by atoms with Crippen LogP contribution in [0.3, 0.4) is 0 Å². The molecule has 1 aromatic carbocycles. The Morgan fingerprint density at radius 2 is 1.90 bits per heavy atom. The van der Waals surface area contributed by atoms with E-state index in [0.29, 0.717) is 11.2 Å². The molecule has 0 atom stereocenters. The molecule has 0 spiro atoms. The number of ether oxygens (including phenoxy) is 3. The van der Waals surface area contributed by atoms with Crippen LogP contribution in [0.25, 0.3) is 0 Å². The van der Waals surface area contributed by atoms with E-state index < -0.39 is 18.3 Å². The third-order valence-corrected chi connectivity index (χ3v) is 4.08. The van der Waals surface area contributed by atoms with Gasteiger partial charge < -0.3 is 14.2 Å². The number of nitrogens with zero attached hydrogens (tertiary/aromatic N) is 2. The summed E-state index contributed by atoms with van der Waals surface area (Å²) in [5.74, 6) is -1.31. The van der Waals surface area contributed by atoms with Crippen molar-refractivity contribution in [1.82, 2.24) is 9.55 Å². The van der Waals surface area contributed by atoms with Crippen molar-refractivity contribution < 1.29 is 36.2 Å². The Labute approximate surface area is 174 Å². The maximum absolute atomic E-state index is 12.8. The molecule has 2 aromatic rings. The average Bonchev–Trinajstić information content (AvgIpc) is 3.52. The summed E-state index contributed by atoms with van der Waals surface area (Å²) in [6.45, 7) is 2.18. The van der Waals surface area contributed by atoms with Gasteiger partial charge in [0, 0.05) is 19.5 Å². The van der Waals surface area contributed by atoms with Gasteiger partial charge in [-0.3, -0.25) is 20.4 Å². The van der Waals surface area contributed by atoms with Gasteiger partial charge in [0.2, 0.25) is 5.84 Å². The SMILES string of the molecule is COC(F)(F)C(=N)n1ccncc1=N.Cc1ccc(OC(F)(F)F)cc1COC1CC1. The number of benzene rings is 1. The van der Waals surface area contributed by atoms with Gasteiger partial charge in [-0.05, 0) is 43.0 Å². The summed E-state index contributed by atoms with van der Waals surface area (Å²) in [7, 11) is 0.792. The predicted molar refractivity (Wildman–Crippen MR) is 98.8 cm³/mol. The highest BCUT2D eigenvalue weighted by molar-refractivity contribution is 5.86. The number of hydrogen-bond acceptors (Lipinski definition) is 6. The van der Waals surface area contributed by atoms with Crippen molar-refractivity contribution in [2.75, 3.05) is 7.11 Å². The van der Waals surface area contributed by atoms with Crippen LogP contribution in [0, 0.1) is 17.7 Å². The van der Waals surface area contributed by atoms with E-state index in [1.807, 2.05) is 6.92 Å². The summed E-state index contributed by atoms with van der Waals surface area (Å²) in [5.41, 5.74) is 1.33. The molecule has 0 aliphatic heterocycles. The Morgan fingerprint density at radius 3 is 2.45 bits per heavy atom. The van der Waals surface area contributed by atoms with Crippen LogP contribution in [0.15, 0.2) is 36.8 Å². The summed E-state index contributed by atoms with van der Waals surface area (Å²) in [5, 5.41) is 14.3. The molecule has 3 rings (SSSR count). The first kappa shape index (κ1) is 24.4. The van der Waals surface area contributed by atoms with Gasteiger partial charge in [-0.15, -0.1) is 13.2 Å². The number of rotatable bonds is 6. The van der Waals surface area contributed by atoms with Crippen molar-refractivity contribution in [2.24, 2.45) is 0 Å². The second-order valence-corrected chi connectivity index (χ2v) is 6.55. The van der Waals surface area contributed by atoms with E-state index in [4.69, 9.17) is 15.6 Å². The Balaban J connectivity index is 0.000000225. The summed E-state index contributed by atoms with van der Waals surface area (Å²) >= 11 is 0. The van der Waals surface area contributed by atoms with Gasteiger partial charge in [0.15, 0.2) is 0 Å². The molecule has 0 amide bonds. The smallest absolute Gasteiger partial charge is 0.406 e. The third-order valence-electron chi connectivity index (χ3n) is 4.08. The van der Waals surface area contributed by atoms with Crippen LogP contribution in [0.5, 0.6) is 5.75 Å². The molecule has 12 heteroatoms. The number of hydrogen-bond donors (Lipinski definition) is 2. The Hall–Kier alpha value is -2.86. The fraction of sp³-hybridized carbons (Fsp3) is 0.421. The number of alkyl halides is 5. The van der Waals surface area contributed by atoms with E-state index in [1.54, 1.807) is 6.07 Å². The monoisotopic (exact) mass is 448 g/mol. The van der Waals surface area contributed by atoms with Crippen LogP contribution in [0.2, 0.25) is 0 Å². The summed E-state index contributed by atoms with van der Waals surface area (Å²) in [6.07, 6.45) is -2.64. The van der Waals surface area contributed by atoms with Crippen LogP contribution >= 0.6 is 0 Å². The lowest BCUT2D eigenvalue weighted by Gasteiger charge is -2.16. The zero-order valence-corrected chi connectivity index (χ0v) is 16.7. The molecule has 1 aliphatic rings. The molecular formula is C19H21F5N4O3. The maximum Gasteiger partial charge on any atom is 0.573 e. The molecule has 31 heavy (non-hydrogen) atoms. The number of halogens is 5. The zero-order chi connectivity index (χ0) is 23.2. The molecule has 1 heterocycles. The summed E-state index contributed by atoms with van der Waals surface area (Å²) in [4.78, 5) is 3.54. The van der Waals surface area contributed by atoms with Crippen LogP contribution in [-0.4, -0.2) is 41.1 Å². The molecule has 1 aromatic heterocycles. The standard InChI is InChI=1S/C12H13F3O2.C7H8F2N4O/c1-8-2-3-11(17-12(13,14)15)6-9(8)7-16-10-4-5-10;1-14-7(8,9)6(11)13-3-2-12-4-5(13)10/h2-3,6,10H,4-5,7H2,1H3;2-4,10-11H,1H3. The molecule has 0 unspecified atom stereocenters. The third kappa shape index (κ3) is 7.72. The number of aryl methyl sites for hydroxylation is 1. The van der Waals surface area contributed by atoms with E-state index in [0.717, 1.165) is 43.5 Å². The van der Waals surface area contributed by atoms with Crippen molar-refractivity contribution in [3.8, 4) is 5.75 Å². The van der Waals surface area contributed by atoms with E-state index >= 15 is 0 Å². The average molecular weight is 448 g/mol. The van der Waals surface area contributed by atoms with Crippen LogP contribution in [-0.2, 0) is 16.1 Å². The predicted octanol–water partition coefficient (Wildman–Crippen LogP) is 4.00. The van der Waals surface area contributed by atoms with Crippen LogP contribution in [0.4, 0.5) is 22.0 Å². The maximum atomic E-state index is 12.8. The second kappa shape index (κ2) is 9.96. The van der Waals surface area contributed by atoms with E-state index in [1.165, 1.54) is 18.3 Å². The Bertz CT molecular complexity index is 958. The van der Waals surface area contributed by atoms with Gasteiger partial charge in [0.05, 0.1) is 18.9 Å². The lowest BCUT2D eigenvalue weighted by molar-refractivity contribution is -0.274. The lowest BCUT2D eigenvalue weighted by Crippen LogP contribution is -2.40. The van der Waals surface area contributed by atoms with Gasteiger partial charge in [-0.2, -0.15) is 8.78 Å². The van der Waals surface area contributed by atoms with Crippen molar-refractivity contribution >= 4 is 5.84 Å². The Kier molecular flexibility index (Phi) is 7.85. The first-order chi connectivity index (χ1) is 14.4. The first-order valence-electron chi connectivity index (χ1n) is 8.99. The van der Waals surface area contributed by atoms with Crippen LogP contribution in [0.1, 0.15) is 24.0 Å². The Morgan fingerprint density at radius 1 is 1.23 bits per heavy atom. The second-order valence-electron chi connectivity index (χ2n) is 6.55. The minimum atomic E-state index is -4.65. The van der Waals surface area contributed by atoms with Crippen molar-refractivity contribution in [1.29, 1.82) is 10.8 Å².